The van der Waals surface area contributed by atoms with E-state index in [4.69, 9.17) is 0 Å². The summed E-state index contributed by atoms with van der Waals surface area (Å²) in [6, 6.07) is 0.653. The van der Waals surface area contributed by atoms with Crippen molar-refractivity contribution in [2.75, 3.05) is 6.54 Å². The Morgan fingerprint density at radius 1 is 0.850 bits per heavy atom. The highest BCUT2D eigenvalue weighted by Crippen LogP contribution is 2.24. The van der Waals surface area contributed by atoms with Crippen LogP contribution in [-0.4, -0.2) is 12.6 Å². The lowest BCUT2D eigenvalue weighted by molar-refractivity contribution is 0.346. The monoisotopic (exact) mass is 281 g/mol. The van der Waals surface area contributed by atoms with Gasteiger partial charge in [-0.2, -0.15) is 0 Å². The first-order valence-corrected chi connectivity index (χ1v) is 9.02. The van der Waals surface area contributed by atoms with E-state index in [9.17, 15) is 0 Å². The number of hydrogen-bond donors (Lipinski definition) is 1. The topological polar surface area (TPSA) is 12.0 Å². The van der Waals surface area contributed by atoms with Crippen LogP contribution < -0.4 is 5.32 Å². The van der Waals surface area contributed by atoms with Crippen LogP contribution in [0, 0.1) is 11.8 Å². The molecule has 1 heteroatoms. The molecule has 0 aliphatic carbocycles. The molecule has 2 atom stereocenters. The summed E-state index contributed by atoms with van der Waals surface area (Å²) < 4.78 is 0. The Bertz CT molecular complexity index is 216. The third-order valence-corrected chi connectivity index (χ3v) is 4.14. The molecule has 0 aromatic rings. The van der Waals surface area contributed by atoms with Gasteiger partial charge < -0.3 is 5.32 Å². The molecule has 20 heavy (non-hydrogen) atoms. The third kappa shape index (κ3) is 11.5. The maximum absolute atomic E-state index is 3.55. The van der Waals surface area contributed by atoms with Crippen LogP contribution in [0.25, 0.3) is 0 Å². The number of nitrogens with one attached hydrogen (secondary N) is 1. The van der Waals surface area contributed by atoms with Crippen molar-refractivity contribution in [3.8, 4) is 0 Å². The second-order valence-electron chi connectivity index (χ2n) is 6.59. The van der Waals surface area contributed by atoms with E-state index in [0.29, 0.717) is 6.04 Å². The number of hydrogen-bond acceptors (Lipinski definition) is 1. The van der Waals surface area contributed by atoms with Crippen molar-refractivity contribution < 1.29 is 0 Å². The second-order valence-corrected chi connectivity index (χ2v) is 6.59. The standard InChI is InChI=1S/C19H39N/c1-6-11-18(5)20-15-10-9-14-17(4)16-19(12-7-2)13-8-3/h9-10,17-20H,6-8,11-16H2,1-5H3/b10-9+. The minimum Gasteiger partial charge on any atom is -0.311 e. The van der Waals surface area contributed by atoms with Crippen LogP contribution in [0.4, 0.5) is 0 Å². The zero-order valence-corrected chi connectivity index (χ0v) is 14.8. The van der Waals surface area contributed by atoms with Gasteiger partial charge in [0.25, 0.3) is 0 Å². The molecule has 0 fully saturated rings. The van der Waals surface area contributed by atoms with Crippen LogP contribution in [-0.2, 0) is 0 Å². The van der Waals surface area contributed by atoms with Crippen molar-refractivity contribution in [2.45, 2.75) is 92.0 Å². The second kappa shape index (κ2) is 13.7. The van der Waals surface area contributed by atoms with Crippen molar-refractivity contribution >= 4 is 0 Å². The maximum atomic E-state index is 3.55. The predicted octanol–water partition coefficient (Wildman–Crippen LogP) is 5.95. The van der Waals surface area contributed by atoms with Gasteiger partial charge in [-0.25, -0.2) is 0 Å². The van der Waals surface area contributed by atoms with Gasteiger partial charge in [0.1, 0.15) is 0 Å². The highest BCUT2D eigenvalue weighted by atomic mass is 14.9. The average Bonchev–Trinajstić information content (AvgIpc) is 2.39. The lowest BCUT2D eigenvalue weighted by atomic mass is 9.87. The van der Waals surface area contributed by atoms with E-state index in [0.717, 1.165) is 18.4 Å². The fourth-order valence-corrected chi connectivity index (χ4v) is 3.08. The Hall–Kier alpha value is -0.300. The highest BCUT2D eigenvalue weighted by molar-refractivity contribution is 4.86. The Kier molecular flexibility index (Phi) is 13.5. The molecule has 0 heterocycles. The molecule has 1 nitrogen and oxygen atoms in total. The van der Waals surface area contributed by atoms with E-state index in [1.54, 1.807) is 0 Å². The summed E-state index contributed by atoms with van der Waals surface area (Å²) in [5, 5.41) is 3.55. The highest BCUT2D eigenvalue weighted by Gasteiger charge is 2.10. The first kappa shape index (κ1) is 19.7. The molecule has 0 aliphatic rings. The summed E-state index contributed by atoms with van der Waals surface area (Å²) in [5.41, 5.74) is 0. The Labute approximate surface area is 128 Å². The molecular formula is C19H39N. The van der Waals surface area contributed by atoms with E-state index in [-0.39, 0.29) is 0 Å². The molecule has 0 saturated heterocycles. The smallest absolute Gasteiger partial charge is 0.0137 e. The van der Waals surface area contributed by atoms with Gasteiger partial charge in [-0.1, -0.05) is 72.0 Å². The SMILES string of the molecule is CCCC(CCC)CC(C)C/C=C/CNC(C)CCC. The molecule has 0 amide bonds. The number of rotatable bonds is 13. The predicted molar refractivity (Wildman–Crippen MR) is 93.2 cm³/mol. The minimum atomic E-state index is 0.653. The molecule has 1 N–H and O–H groups in total. The quantitative estimate of drug-likeness (QED) is 0.411. The van der Waals surface area contributed by atoms with Crippen molar-refractivity contribution in [1.29, 1.82) is 0 Å². The molecule has 0 rings (SSSR count). The van der Waals surface area contributed by atoms with Gasteiger partial charge in [-0.15, -0.1) is 0 Å². The Morgan fingerprint density at radius 3 is 2.00 bits per heavy atom. The largest absolute Gasteiger partial charge is 0.311 e. The Morgan fingerprint density at radius 2 is 1.45 bits per heavy atom. The summed E-state index contributed by atoms with van der Waals surface area (Å²) in [5.74, 6) is 1.79. The zero-order valence-electron chi connectivity index (χ0n) is 14.8. The summed E-state index contributed by atoms with van der Waals surface area (Å²) in [7, 11) is 0. The maximum Gasteiger partial charge on any atom is 0.0137 e. The van der Waals surface area contributed by atoms with Gasteiger partial charge in [-0.3, -0.25) is 0 Å². The van der Waals surface area contributed by atoms with Crippen molar-refractivity contribution in [3.63, 3.8) is 0 Å². The molecule has 0 spiro atoms. The molecule has 0 saturated carbocycles. The normalized spacial score (nSPS) is 15.1. The fraction of sp³-hybridized carbons (Fsp3) is 0.895. The first-order valence-electron chi connectivity index (χ1n) is 9.02. The average molecular weight is 282 g/mol. The van der Waals surface area contributed by atoms with Gasteiger partial charge in [0, 0.05) is 12.6 Å². The third-order valence-electron chi connectivity index (χ3n) is 4.14. The Balaban J connectivity index is 3.76. The van der Waals surface area contributed by atoms with E-state index < -0.39 is 0 Å². The fourth-order valence-electron chi connectivity index (χ4n) is 3.08. The van der Waals surface area contributed by atoms with E-state index in [1.165, 1.54) is 51.4 Å². The minimum absolute atomic E-state index is 0.653. The molecule has 120 valence electrons. The summed E-state index contributed by atoms with van der Waals surface area (Å²) in [4.78, 5) is 0. The van der Waals surface area contributed by atoms with Crippen LogP contribution in [0.3, 0.4) is 0 Å². The summed E-state index contributed by atoms with van der Waals surface area (Å²) >= 11 is 0. The lowest BCUT2D eigenvalue weighted by Crippen LogP contribution is -2.25. The molecule has 2 unspecified atom stereocenters. The zero-order chi connectivity index (χ0) is 15.2. The van der Waals surface area contributed by atoms with E-state index in [2.05, 4.69) is 52.1 Å². The van der Waals surface area contributed by atoms with Crippen LogP contribution in [0.5, 0.6) is 0 Å². The van der Waals surface area contributed by atoms with E-state index in [1.807, 2.05) is 0 Å². The van der Waals surface area contributed by atoms with Crippen LogP contribution in [0.2, 0.25) is 0 Å². The van der Waals surface area contributed by atoms with Gasteiger partial charge in [0.05, 0.1) is 0 Å². The molecule has 0 aromatic carbocycles. The number of allylic oxidation sites excluding steroid dienone is 1. The molecule has 0 aliphatic heterocycles. The van der Waals surface area contributed by atoms with Crippen molar-refractivity contribution in [3.05, 3.63) is 12.2 Å². The molecule has 0 aromatic heterocycles. The van der Waals surface area contributed by atoms with Gasteiger partial charge in [0.2, 0.25) is 0 Å². The van der Waals surface area contributed by atoms with Crippen LogP contribution >= 0.6 is 0 Å². The summed E-state index contributed by atoms with van der Waals surface area (Å²) in [6.07, 6.45) is 15.4. The molecule has 0 bridgehead atoms. The van der Waals surface area contributed by atoms with E-state index >= 15 is 0 Å². The first-order chi connectivity index (χ1) is 9.63. The van der Waals surface area contributed by atoms with Gasteiger partial charge >= 0.3 is 0 Å². The molecular weight excluding hydrogens is 242 g/mol. The lowest BCUT2D eigenvalue weighted by Gasteiger charge is -2.19. The van der Waals surface area contributed by atoms with Gasteiger partial charge in [-0.05, 0) is 38.0 Å². The van der Waals surface area contributed by atoms with Crippen molar-refractivity contribution in [1.82, 2.24) is 5.32 Å². The van der Waals surface area contributed by atoms with Crippen LogP contribution in [0.1, 0.15) is 86.0 Å². The summed E-state index contributed by atoms with van der Waals surface area (Å²) in [6.45, 7) is 12.6. The molecule has 0 radical (unpaired) electrons. The van der Waals surface area contributed by atoms with Crippen molar-refractivity contribution in [2.24, 2.45) is 11.8 Å². The van der Waals surface area contributed by atoms with Crippen LogP contribution in [0.15, 0.2) is 12.2 Å². The van der Waals surface area contributed by atoms with Gasteiger partial charge in [0.15, 0.2) is 0 Å².